The molecule has 4 amide bonds. The van der Waals surface area contributed by atoms with E-state index in [9.17, 15) is 27.6 Å². The predicted molar refractivity (Wildman–Crippen MR) is 350 cm³/mol. The molecule has 492 valence electrons. The molecule has 4 fully saturated rings. The van der Waals surface area contributed by atoms with Crippen LogP contribution in [0.15, 0.2) is 79.0 Å². The molecular weight excluding hydrogens is 1180 g/mol. The Morgan fingerprint density at radius 3 is 2.16 bits per heavy atom. The number of benzene rings is 4. The van der Waals surface area contributed by atoms with Gasteiger partial charge in [0, 0.05) is 88.1 Å². The zero-order chi connectivity index (χ0) is 63.9. The Kier molecular flexibility index (Phi) is 23.8. The third-order valence-corrected chi connectivity index (χ3v) is 21.1. The van der Waals surface area contributed by atoms with E-state index in [-0.39, 0.29) is 84.9 Å². The fraction of sp³-hybridized carbons (Fsp3) is 0.571. The fourth-order valence-electron chi connectivity index (χ4n) is 13.9. The van der Waals surface area contributed by atoms with E-state index in [1.807, 2.05) is 30.3 Å². The number of halogens is 2. The van der Waals surface area contributed by atoms with Crippen LogP contribution in [0.3, 0.4) is 0 Å². The van der Waals surface area contributed by atoms with Crippen molar-refractivity contribution in [3.63, 3.8) is 0 Å². The molecule has 1 aromatic heterocycles. The predicted octanol–water partition coefficient (Wildman–Crippen LogP) is 8.94. The first-order chi connectivity index (χ1) is 44.1. The Labute approximate surface area is 536 Å². The molecule has 18 nitrogen and oxygen atoms in total. The number of methoxy groups -OCH3 is 1. The van der Waals surface area contributed by atoms with Gasteiger partial charge in [0.05, 0.1) is 60.2 Å². The van der Waals surface area contributed by atoms with E-state index in [0.29, 0.717) is 58.8 Å². The highest BCUT2D eigenvalue weighted by molar-refractivity contribution is 7.91. The molecule has 5 aliphatic rings. The molecule has 0 radical (unpaired) electrons. The highest BCUT2D eigenvalue weighted by atomic mass is 32.2. The Morgan fingerprint density at radius 1 is 0.736 bits per heavy atom. The number of carbonyl (C=O) groups excluding carboxylic acids is 4. The van der Waals surface area contributed by atoms with Gasteiger partial charge in [0.15, 0.2) is 21.3 Å². The van der Waals surface area contributed by atoms with Crippen molar-refractivity contribution in [2.24, 2.45) is 5.92 Å². The van der Waals surface area contributed by atoms with E-state index in [0.717, 1.165) is 134 Å². The Hall–Kier alpha value is -6.65. The Bertz CT molecular complexity index is 3380. The van der Waals surface area contributed by atoms with Crippen LogP contribution in [0.4, 0.5) is 8.78 Å². The molecular formula is C70H94F2N10O8S. The van der Waals surface area contributed by atoms with Crippen molar-refractivity contribution >= 4 is 44.5 Å². The van der Waals surface area contributed by atoms with Gasteiger partial charge in [-0.25, -0.2) is 22.2 Å². The number of para-hydroxylation sites is 1. The number of rotatable bonds is 28. The van der Waals surface area contributed by atoms with E-state index in [2.05, 4.69) is 48.2 Å². The van der Waals surface area contributed by atoms with E-state index < -0.39 is 39.6 Å². The van der Waals surface area contributed by atoms with Crippen LogP contribution in [0.5, 0.6) is 11.5 Å². The molecule has 4 heterocycles. The van der Waals surface area contributed by atoms with Crippen molar-refractivity contribution in [1.29, 1.82) is 0 Å². The van der Waals surface area contributed by atoms with Gasteiger partial charge in [-0.05, 0) is 137 Å². The van der Waals surface area contributed by atoms with Crippen molar-refractivity contribution in [3.05, 3.63) is 107 Å². The van der Waals surface area contributed by atoms with E-state index >= 15 is 8.78 Å². The number of nitrogens with zero attached hydrogens (tertiary/aromatic N) is 6. The summed E-state index contributed by atoms with van der Waals surface area (Å²) in [6, 6.07) is 19.3. The number of nitrogens with one attached hydrogen (secondary N) is 4. The first-order valence-corrected chi connectivity index (χ1v) is 35.3. The largest absolute Gasteiger partial charge is 0.493 e. The number of fused-ring (bicyclic) bond motifs is 2. The second-order valence-corrected chi connectivity index (χ2v) is 28.1. The number of carbonyl (C=O) groups is 4. The van der Waals surface area contributed by atoms with Crippen LogP contribution in [-0.2, 0) is 42.0 Å². The molecule has 1 saturated carbocycles. The molecule has 3 aliphatic heterocycles. The van der Waals surface area contributed by atoms with Gasteiger partial charge in [-0.1, -0.05) is 87.8 Å². The molecule has 0 spiro atoms. The summed E-state index contributed by atoms with van der Waals surface area (Å²) in [5, 5.41) is 12.6. The second kappa shape index (κ2) is 32.3. The summed E-state index contributed by atoms with van der Waals surface area (Å²) >= 11 is 0. The molecule has 21 heteroatoms. The minimum Gasteiger partial charge on any atom is -0.493 e. The number of unbranched alkanes of at least 4 members (excludes halogenated alkanes) is 6. The average Bonchev–Trinajstić information content (AvgIpc) is 1.88. The van der Waals surface area contributed by atoms with Gasteiger partial charge >= 0.3 is 0 Å². The number of sulfone groups is 1. The topological polar surface area (TPSA) is 208 Å². The lowest BCUT2D eigenvalue weighted by molar-refractivity contribution is -0.143. The summed E-state index contributed by atoms with van der Waals surface area (Å²) < 4.78 is 67.0. The van der Waals surface area contributed by atoms with E-state index in [1.54, 1.807) is 55.3 Å². The van der Waals surface area contributed by atoms with Crippen LogP contribution in [0.2, 0.25) is 0 Å². The van der Waals surface area contributed by atoms with Gasteiger partial charge in [-0.2, -0.15) is 0 Å². The Balaban J connectivity index is 0.610. The fourth-order valence-corrected chi connectivity index (χ4v) is 15.2. The van der Waals surface area contributed by atoms with Crippen LogP contribution in [-0.4, -0.2) is 177 Å². The van der Waals surface area contributed by atoms with Crippen LogP contribution in [0.25, 0.3) is 33.4 Å². The number of aromatic nitrogens is 2. The number of hydrogen-bond acceptors (Lipinski definition) is 14. The molecule has 10 rings (SSSR count). The lowest BCUT2D eigenvalue weighted by Crippen LogP contribution is -2.58. The van der Waals surface area contributed by atoms with Crippen molar-refractivity contribution in [2.45, 2.75) is 159 Å². The quantitative estimate of drug-likeness (QED) is 0.0345. The number of likely N-dealkylation sites (tertiary alicyclic amines) is 1. The summed E-state index contributed by atoms with van der Waals surface area (Å²) in [5.41, 5.74) is 5.48. The van der Waals surface area contributed by atoms with Crippen molar-refractivity contribution in [1.82, 2.24) is 50.8 Å². The number of ether oxygens (including phenoxy) is 2. The Morgan fingerprint density at radius 2 is 1.44 bits per heavy atom. The molecule has 0 bridgehead atoms. The smallest absolute Gasteiger partial charge is 0.246 e. The van der Waals surface area contributed by atoms with Gasteiger partial charge in [0.2, 0.25) is 23.6 Å². The minimum absolute atomic E-state index is 0.0163. The number of piperazine rings is 1. The van der Waals surface area contributed by atoms with Gasteiger partial charge in [0.25, 0.3) is 0 Å². The molecule has 91 heavy (non-hydrogen) atoms. The van der Waals surface area contributed by atoms with Gasteiger partial charge in [-0.15, -0.1) is 0 Å². The summed E-state index contributed by atoms with van der Waals surface area (Å²) in [6.07, 6.45) is 18.2. The highest BCUT2D eigenvalue weighted by Gasteiger charge is 2.45. The normalized spacial score (nSPS) is 20.6. The van der Waals surface area contributed by atoms with Crippen LogP contribution < -0.4 is 30.7 Å². The first kappa shape index (κ1) is 67.2. The number of hydrogen-bond donors (Lipinski definition) is 4. The molecule has 4 N–H and O–H groups in total. The number of amides is 4. The lowest BCUT2D eigenvalue weighted by Gasteiger charge is -2.35. The first-order valence-electron chi connectivity index (χ1n) is 33.5. The zero-order valence-corrected chi connectivity index (χ0v) is 54.3. The van der Waals surface area contributed by atoms with E-state index in [1.165, 1.54) is 37.0 Å². The SMILES string of the molecule is CN[C@H](C)C(=O)N[C@@H](C(=O)N1C[C@H](NC(=O)CCCCCCCCCN2CCN(CCCOc3ccc(-c4cnc5cccc(-c6cc(F)c(CN7CCS(=O)(=O)CC7)c(F)c6)c5n4)cc3OC)CC2)C[C@@H]1C(=O)N[C@H]1CCCc2ccccc21)C1CCCCC1. The molecule has 5 atom stereocenters. The maximum absolute atomic E-state index is 15.6. The molecule has 2 aliphatic carbocycles. The van der Waals surface area contributed by atoms with Crippen molar-refractivity contribution < 1.29 is 45.9 Å². The second-order valence-electron chi connectivity index (χ2n) is 25.8. The summed E-state index contributed by atoms with van der Waals surface area (Å²) in [4.78, 5) is 73.9. The average molecular weight is 1270 g/mol. The summed E-state index contributed by atoms with van der Waals surface area (Å²) in [5.74, 6) is -1.05. The molecule has 0 unspecified atom stereocenters. The van der Waals surface area contributed by atoms with Crippen LogP contribution >= 0.6 is 0 Å². The highest BCUT2D eigenvalue weighted by Crippen LogP contribution is 2.37. The maximum Gasteiger partial charge on any atom is 0.246 e. The van der Waals surface area contributed by atoms with Gasteiger partial charge < -0.3 is 45.4 Å². The molecule has 5 aromatic rings. The van der Waals surface area contributed by atoms with Gasteiger partial charge in [0.1, 0.15) is 23.7 Å². The summed E-state index contributed by atoms with van der Waals surface area (Å²) in [6.45, 7) is 9.12. The van der Waals surface area contributed by atoms with Crippen LogP contribution in [0.1, 0.15) is 139 Å². The maximum atomic E-state index is 15.6. The molecule has 3 saturated heterocycles. The third kappa shape index (κ3) is 17.9. The molecule has 4 aromatic carbocycles. The van der Waals surface area contributed by atoms with E-state index in [4.69, 9.17) is 14.5 Å². The van der Waals surface area contributed by atoms with Crippen LogP contribution in [0, 0.1) is 17.6 Å². The van der Waals surface area contributed by atoms with Crippen molar-refractivity contribution in [3.8, 4) is 33.9 Å². The minimum atomic E-state index is -3.12. The van der Waals surface area contributed by atoms with Gasteiger partial charge in [-0.3, -0.25) is 29.1 Å². The lowest BCUT2D eigenvalue weighted by atomic mass is 9.83. The number of likely N-dealkylation sites (N-methyl/N-ethyl adjacent to an activating group) is 1. The zero-order valence-electron chi connectivity index (χ0n) is 53.5. The third-order valence-electron chi connectivity index (χ3n) is 19.5. The summed E-state index contributed by atoms with van der Waals surface area (Å²) in [7, 11) is 0.197. The van der Waals surface area contributed by atoms with Crippen molar-refractivity contribution in [2.75, 3.05) is 91.2 Å². The standard InChI is InChI=1S/C70H94F2N10O8S/c1-48(73-2)68(84)78-66(50-20-10-9-11-21-50)70(86)82-46-53(44-62(82)69(85)77-59-25-16-22-49-19-13-14-23-54(49)59)75-65(83)27-12-7-5-4-6-8-15-30-79-32-34-80(35-33-79)31-18-38-90-63-29-28-51(43-64(63)89-3)61-45-74-60-26-17-24-55(67(60)76-61)52-41-57(71)56(58(72)42-52)47-81-36-39-91(87,88)40-37-81/h13-14,17,19,23-24,26,28-29,41-43,45,48,50,53,59,62,66,73H,4-12,15-16,18,20-22,25,27,30-40,44,46-47H2,1-3H3,(H,75,83)(H,77,85)(H,78,84)/t48-,53-,59+,62-,66-/m1/s1. The monoisotopic (exact) mass is 1270 g/mol. The number of aryl methyl sites for hydroxylation is 1.